The van der Waals surface area contributed by atoms with Gasteiger partial charge in [0, 0.05) is 6.54 Å². The van der Waals surface area contributed by atoms with Gasteiger partial charge in [-0.25, -0.2) is 4.68 Å². The summed E-state index contributed by atoms with van der Waals surface area (Å²) in [6.07, 6.45) is -8.56. The minimum absolute atomic E-state index is 0.0859. The van der Waals surface area contributed by atoms with Crippen LogP contribution < -0.4 is 10.1 Å². The Bertz CT molecular complexity index is 1090. The molecule has 0 unspecified atom stereocenters. The van der Waals surface area contributed by atoms with Crippen LogP contribution in [0.4, 0.5) is 26.3 Å². The fraction of sp³-hybridized carbons (Fsp3) is 0.238. The van der Waals surface area contributed by atoms with E-state index in [1.807, 2.05) is 0 Å². The quantitative estimate of drug-likeness (QED) is 0.526. The van der Waals surface area contributed by atoms with Crippen LogP contribution in [0.25, 0.3) is 5.69 Å². The number of nitrogens with one attached hydrogen (secondary N) is 1. The minimum atomic E-state index is -4.86. The molecule has 1 amide bonds. The molecule has 11 heteroatoms. The third-order valence-electron chi connectivity index (χ3n) is 4.31. The molecule has 1 N–H and O–H groups in total. The van der Waals surface area contributed by atoms with Crippen LogP contribution in [0.15, 0.2) is 54.7 Å². The van der Waals surface area contributed by atoms with E-state index in [4.69, 9.17) is 0 Å². The SMILES string of the molecule is Cc1ccc(-n2ncc(C(=O)NCc3cccc(OCC(F)(F)F)c3)c2C(F)(F)F)cc1. The van der Waals surface area contributed by atoms with Crippen molar-refractivity contribution in [2.24, 2.45) is 0 Å². The standard InChI is InChI=1S/C21H17F6N3O2/c1-13-5-7-15(8-6-13)30-18(21(25,26)27)17(11-29-30)19(31)28-10-14-3-2-4-16(9-14)32-12-20(22,23)24/h2-9,11H,10,12H2,1H3,(H,28,31). The second-order valence-electron chi connectivity index (χ2n) is 6.89. The van der Waals surface area contributed by atoms with Crippen molar-refractivity contribution in [2.45, 2.75) is 25.8 Å². The van der Waals surface area contributed by atoms with Crippen molar-refractivity contribution in [3.05, 3.63) is 77.1 Å². The summed E-state index contributed by atoms with van der Waals surface area (Å²) in [7, 11) is 0. The summed E-state index contributed by atoms with van der Waals surface area (Å²) in [5, 5.41) is 6.06. The number of rotatable bonds is 6. The van der Waals surface area contributed by atoms with Crippen molar-refractivity contribution in [1.29, 1.82) is 0 Å². The summed E-state index contributed by atoms with van der Waals surface area (Å²) >= 11 is 0. The van der Waals surface area contributed by atoms with Gasteiger partial charge in [0.25, 0.3) is 5.91 Å². The third kappa shape index (κ3) is 5.80. The molecular weight excluding hydrogens is 440 g/mol. The number of alkyl halides is 6. The monoisotopic (exact) mass is 457 g/mol. The van der Waals surface area contributed by atoms with Crippen molar-refractivity contribution < 1.29 is 35.9 Å². The van der Waals surface area contributed by atoms with Gasteiger partial charge in [0.2, 0.25) is 0 Å². The molecule has 0 saturated carbocycles. The fourth-order valence-corrected chi connectivity index (χ4v) is 2.86. The number of amides is 1. The van der Waals surface area contributed by atoms with Crippen LogP contribution in [0.3, 0.4) is 0 Å². The molecule has 1 heterocycles. The van der Waals surface area contributed by atoms with Crippen LogP contribution in [-0.2, 0) is 12.7 Å². The van der Waals surface area contributed by atoms with Gasteiger partial charge in [-0.15, -0.1) is 0 Å². The summed E-state index contributed by atoms with van der Waals surface area (Å²) in [4.78, 5) is 12.5. The number of aryl methyl sites for hydroxylation is 1. The Morgan fingerprint density at radius 2 is 1.75 bits per heavy atom. The number of benzene rings is 2. The molecule has 0 radical (unpaired) electrons. The molecule has 3 aromatic rings. The Morgan fingerprint density at radius 3 is 2.38 bits per heavy atom. The summed E-state index contributed by atoms with van der Waals surface area (Å²) < 4.78 is 83.3. The summed E-state index contributed by atoms with van der Waals surface area (Å²) in [5.41, 5.74) is -0.591. The molecule has 170 valence electrons. The molecule has 0 bridgehead atoms. The van der Waals surface area contributed by atoms with Gasteiger partial charge in [-0.2, -0.15) is 31.4 Å². The molecule has 0 spiro atoms. The number of aromatic nitrogens is 2. The number of carbonyl (C=O) groups excluding carboxylic acids is 1. The van der Waals surface area contributed by atoms with Crippen LogP contribution in [0, 0.1) is 6.92 Å². The van der Waals surface area contributed by atoms with Gasteiger partial charge < -0.3 is 10.1 Å². The van der Waals surface area contributed by atoms with Crippen molar-refractivity contribution in [2.75, 3.05) is 6.61 Å². The van der Waals surface area contributed by atoms with Crippen LogP contribution in [0.1, 0.15) is 27.2 Å². The fourth-order valence-electron chi connectivity index (χ4n) is 2.86. The number of hydrogen-bond donors (Lipinski definition) is 1. The Balaban J connectivity index is 1.78. The van der Waals surface area contributed by atoms with Crippen molar-refractivity contribution >= 4 is 5.91 Å². The van der Waals surface area contributed by atoms with E-state index in [0.29, 0.717) is 10.2 Å². The molecule has 2 aromatic carbocycles. The predicted molar refractivity (Wildman–Crippen MR) is 102 cm³/mol. The third-order valence-corrected chi connectivity index (χ3v) is 4.31. The highest BCUT2D eigenvalue weighted by atomic mass is 19.4. The van der Waals surface area contributed by atoms with Crippen LogP contribution >= 0.6 is 0 Å². The molecule has 0 aliphatic carbocycles. The zero-order chi connectivity index (χ0) is 23.5. The zero-order valence-corrected chi connectivity index (χ0v) is 16.6. The normalized spacial score (nSPS) is 12.0. The lowest BCUT2D eigenvalue weighted by Crippen LogP contribution is -2.26. The first-order valence-electron chi connectivity index (χ1n) is 9.23. The lowest BCUT2D eigenvalue weighted by molar-refractivity contribution is -0.153. The highest BCUT2D eigenvalue weighted by Gasteiger charge is 2.40. The average molecular weight is 457 g/mol. The Labute approximate surface area is 178 Å². The predicted octanol–water partition coefficient (Wildman–Crippen LogP) is 5.07. The Hall–Kier alpha value is -3.50. The first-order valence-corrected chi connectivity index (χ1v) is 9.23. The van der Waals surface area contributed by atoms with Gasteiger partial charge >= 0.3 is 12.4 Å². The van der Waals surface area contributed by atoms with Crippen molar-refractivity contribution in [3.63, 3.8) is 0 Å². The minimum Gasteiger partial charge on any atom is -0.484 e. The van der Waals surface area contributed by atoms with Gasteiger partial charge in [-0.05, 0) is 36.8 Å². The van der Waals surface area contributed by atoms with Crippen molar-refractivity contribution in [3.8, 4) is 11.4 Å². The first kappa shape index (κ1) is 23.2. The molecule has 32 heavy (non-hydrogen) atoms. The molecular formula is C21H17F6N3O2. The van der Waals surface area contributed by atoms with E-state index in [2.05, 4.69) is 15.2 Å². The van der Waals surface area contributed by atoms with E-state index in [1.54, 1.807) is 19.1 Å². The van der Waals surface area contributed by atoms with E-state index in [1.165, 1.54) is 36.4 Å². The molecule has 0 fully saturated rings. The Morgan fingerprint density at radius 1 is 1.06 bits per heavy atom. The topological polar surface area (TPSA) is 56.2 Å². The second-order valence-corrected chi connectivity index (χ2v) is 6.89. The van der Waals surface area contributed by atoms with Gasteiger partial charge in [-0.1, -0.05) is 29.8 Å². The maximum absolute atomic E-state index is 13.7. The first-order chi connectivity index (χ1) is 14.9. The van der Waals surface area contributed by atoms with E-state index in [-0.39, 0.29) is 18.0 Å². The maximum Gasteiger partial charge on any atom is 0.434 e. The average Bonchev–Trinajstić information content (AvgIpc) is 3.17. The number of nitrogens with zero attached hydrogens (tertiary/aromatic N) is 2. The lowest BCUT2D eigenvalue weighted by atomic mass is 10.2. The molecule has 3 rings (SSSR count). The second kappa shape index (κ2) is 8.93. The largest absolute Gasteiger partial charge is 0.484 e. The zero-order valence-electron chi connectivity index (χ0n) is 16.6. The molecule has 0 atom stereocenters. The highest BCUT2D eigenvalue weighted by molar-refractivity contribution is 5.95. The smallest absolute Gasteiger partial charge is 0.434 e. The highest BCUT2D eigenvalue weighted by Crippen LogP contribution is 2.33. The number of hydrogen-bond acceptors (Lipinski definition) is 3. The van der Waals surface area contributed by atoms with Crippen LogP contribution in [0.2, 0.25) is 0 Å². The van der Waals surface area contributed by atoms with E-state index >= 15 is 0 Å². The van der Waals surface area contributed by atoms with E-state index in [9.17, 15) is 31.1 Å². The molecule has 5 nitrogen and oxygen atoms in total. The number of carbonyl (C=O) groups is 1. The number of halogens is 6. The molecule has 0 aliphatic rings. The molecule has 0 aliphatic heterocycles. The summed E-state index contributed by atoms with van der Waals surface area (Å²) in [5.74, 6) is -1.12. The van der Waals surface area contributed by atoms with Crippen LogP contribution in [0.5, 0.6) is 5.75 Å². The van der Waals surface area contributed by atoms with Gasteiger partial charge in [-0.3, -0.25) is 4.79 Å². The van der Waals surface area contributed by atoms with Gasteiger partial charge in [0.1, 0.15) is 5.75 Å². The maximum atomic E-state index is 13.7. The van der Waals surface area contributed by atoms with Gasteiger partial charge in [0.05, 0.1) is 17.4 Å². The van der Waals surface area contributed by atoms with Crippen molar-refractivity contribution in [1.82, 2.24) is 15.1 Å². The Kier molecular flexibility index (Phi) is 6.47. The van der Waals surface area contributed by atoms with E-state index in [0.717, 1.165) is 11.8 Å². The summed E-state index contributed by atoms with van der Waals surface area (Å²) in [6, 6.07) is 11.6. The number of ether oxygens (including phenoxy) is 1. The summed E-state index contributed by atoms with van der Waals surface area (Å²) in [6.45, 7) is 0.0601. The van der Waals surface area contributed by atoms with Gasteiger partial charge in [0.15, 0.2) is 12.3 Å². The van der Waals surface area contributed by atoms with Crippen LogP contribution in [-0.4, -0.2) is 28.5 Å². The van der Waals surface area contributed by atoms with E-state index < -0.39 is 36.1 Å². The molecule has 0 saturated heterocycles. The lowest BCUT2D eigenvalue weighted by Gasteiger charge is -2.13. The molecule has 1 aromatic heterocycles.